The molecule has 0 bridgehead atoms. The second-order valence-corrected chi connectivity index (χ2v) is 9.84. The van der Waals surface area contributed by atoms with Crippen LogP contribution < -0.4 is 0 Å². The molecule has 1 rings (SSSR count). The van der Waals surface area contributed by atoms with Gasteiger partial charge < -0.3 is 4.90 Å². The van der Waals surface area contributed by atoms with Crippen LogP contribution in [-0.2, 0) is 0 Å². The fourth-order valence-corrected chi connectivity index (χ4v) is 9.33. The summed E-state index contributed by atoms with van der Waals surface area (Å²) in [4.78, 5) is 2.62. The summed E-state index contributed by atoms with van der Waals surface area (Å²) in [5, 5.41) is 1.83. The minimum absolute atomic E-state index is 0.845. The van der Waals surface area contributed by atoms with Crippen molar-refractivity contribution < 1.29 is 0 Å². The van der Waals surface area contributed by atoms with Crippen molar-refractivity contribution in [3.05, 3.63) is 10.8 Å². The van der Waals surface area contributed by atoms with Gasteiger partial charge in [-0.05, 0) is 41.5 Å². The average molecular weight is 242 g/mol. The molecule has 0 aromatic heterocycles. The largest absolute Gasteiger partial charge is 0.341 e. The van der Waals surface area contributed by atoms with E-state index in [9.17, 15) is 0 Å². The Morgan fingerprint density at radius 2 is 1.38 bits per heavy atom. The van der Waals surface area contributed by atoms with Crippen molar-refractivity contribution in [1.82, 2.24) is 4.90 Å². The first kappa shape index (κ1) is 14.0. The van der Waals surface area contributed by atoms with Gasteiger partial charge >= 0.3 is 0 Å². The van der Waals surface area contributed by atoms with Crippen molar-refractivity contribution in [3.63, 3.8) is 0 Å². The van der Waals surface area contributed by atoms with Gasteiger partial charge in [0.15, 0.2) is 0 Å². The summed E-state index contributed by atoms with van der Waals surface area (Å²) < 4.78 is 0. The van der Waals surface area contributed by atoms with Crippen LogP contribution in [0.4, 0.5) is 0 Å². The van der Waals surface area contributed by atoms with Crippen LogP contribution >= 0.6 is 7.26 Å². The Morgan fingerprint density at radius 3 is 1.56 bits per heavy atom. The third-order valence-electron chi connectivity index (χ3n) is 4.03. The van der Waals surface area contributed by atoms with Crippen LogP contribution in [0.25, 0.3) is 0 Å². The van der Waals surface area contributed by atoms with Gasteiger partial charge in [0.25, 0.3) is 0 Å². The maximum Gasteiger partial charge on any atom is 0.203 e. The van der Waals surface area contributed by atoms with Crippen LogP contribution in [-0.4, -0.2) is 29.3 Å². The molecule has 0 spiro atoms. The molecule has 1 aliphatic rings. The van der Waals surface area contributed by atoms with Crippen LogP contribution in [0.2, 0.25) is 0 Å². The predicted molar refractivity (Wildman–Crippen MR) is 77.4 cm³/mol. The molecule has 1 nitrogen and oxygen atoms in total. The minimum atomic E-state index is -0.887. The molecular formula is C14H29NP+. The lowest BCUT2D eigenvalue weighted by molar-refractivity contribution is 0.410. The molecule has 2 heteroatoms. The normalized spacial score (nSPS) is 18.6. The van der Waals surface area contributed by atoms with Gasteiger partial charge in [-0.3, -0.25) is 0 Å². The molecule has 16 heavy (non-hydrogen) atoms. The van der Waals surface area contributed by atoms with E-state index in [-0.39, 0.29) is 0 Å². The Balaban J connectivity index is 3.02. The van der Waals surface area contributed by atoms with E-state index < -0.39 is 7.26 Å². The third-order valence-corrected chi connectivity index (χ3v) is 9.74. The summed E-state index contributed by atoms with van der Waals surface area (Å²) >= 11 is 0. The predicted octanol–water partition coefficient (Wildman–Crippen LogP) is 4.76. The average Bonchev–Trinajstić information content (AvgIpc) is 2.90. The van der Waals surface area contributed by atoms with E-state index in [1.54, 1.807) is 5.44 Å². The Labute approximate surface area is 103 Å². The van der Waals surface area contributed by atoms with Gasteiger partial charge in [0.05, 0.1) is 11.3 Å². The molecule has 0 saturated carbocycles. The molecule has 0 fully saturated rings. The van der Waals surface area contributed by atoms with E-state index in [0.29, 0.717) is 0 Å². The second kappa shape index (κ2) is 5.08. The Hall–Kier alpha value is -0.0300. The van der Waals surface area contributed by atoms with Crippen molar-refractivity contribution in [1.29, 1.82) is 0 Å². The van der Waals surface area contributed by atoms with E-state index in [2.05, 4.69) is 53.4 Å². The molecule has 1 aliphatic heterocycles. The van der Waals surface area contributed by atoms with E-state index in [0.717, 1.165) is 11.3 Å². The van der Waals surface area contributed by atoms with E-state index in [1.807, 2.05) is 5.31 Å². The molecule has 0 atom stereocenters. The van der Waals surface area contributed by atoms with Gasteiger partial charge in [-0.15, -0.1) is 0 Å². The van der Waals surface area contributed by atoms with Crippen LogP contribution in [0.3, 0.4) is 0 Å². The van der Waals surface area contributed by atoms with Crippen LogP contribution in [0, 0.1) is 0 Å². The number of hydrogen-bond acceptors (Lipinski definition) is 1. The molecule has 1 heterocycles. The highest BCUT2D eigenvalue weighted by Crippen LogP contribution is 2.92. The molecule has 0 aromatic rings. The fraction of sp³-hybridized carbons (Fsp3) is 0.857. The topological polar surface area (TPSA) is 3.24 Å². The molecule has 0 N–H and O–H groups in total. The zero-order valence-corrected chi connectivity index (χ0v) is 13.1. The summed E-state index contributed by atoms with van der Waals surface area (Å²) in [6.07, 6.45) is 1.27. The standard InChI is InChI=1S/C14H29NP/c1-8-13-14(15(9-2)10-3)16(13,11(4)5)12(6)7/h11-12H,8-10H2,1-7H3/q+1. The highest BCUT2D eigenvalue weighted by molar-refractivity contribution is 7.91. The Kier molecular flexibility index (Phi) is 4.46. The van der Waals surface area contributed by atoms with Gasteiger partial charge in [0.2, 0.25) is 5.44 Å². The Bertz CT molecular complexity index is 266. The first-order chi connectivity index (χ1) is 7.48. The zero-order valence-electron chi connectivity index (χ0n) is 12.2. The molecular weight excluding hydrogens is 213 g/mol. The highest BCUT2D eigenvalue weighted by Gasteiger charge is 2.68. The van der Waals surface area contributed by atoms with Gasteiger partial charge in [0, 0.05) is 19.5 Å². The maximum atomic E-state index is 2.62. The van der Waals surface area contributed by atoms with Crippen LogP contribution in [0.5, 0.6) is 0 Å². The van der Waals surface area contributed by atoms with Gasteiger partial charge in [0.1, 0.15) is 12.6 Å². The first-order valence-electron chi connectivity index (χ1n) is 6.85. The number of allylic oxidation sites excluding steroid dienone is 1. The van der Waals surface area contributed by atoms with E-state index in [1.165, 1.54) is 19.5 Å². The SMILES string of the molecule is CCC1=C(N(CC)CC)[P+]1(C(C)C)C(C)C. The minimum Gasteiger partial charge on any atom is -0.341 e. The summed E-state index contributed by atoms with van der Waals surface area (Å²) in [5.41, 5.74) is 3.47. The molecule has 0 aromatic carbocycles. The van der Waals surface area contributed by atoms with Crippen molar-refractivity contribution in [2.75, 3.05) is 13.1 Å². The number of nitrogens with zero attached hydrogens (tertiary/aromatic N) is 1. The summed E-state index contributed by atoms with van der Waals surface area (Å²) in [5.74, 6) is 0. The van der Waals surface area contributed by atoms with E-state index >= 15 is 0 Å². The van der Waals surface area contributed by atoms with E-state index in [4.69, 9.17) is 0 Å². The van der Waals surface area contributed by atoms with Crippen LogP contribution in [0.15, 0.2) is 10.8 Å². The maximum absolute atomic E-state index is 2.62. The Morgan fingerprint density at radius 1 is 0.938 bits per heavy atom. The number of rotatable bonds is 6. The van der Waals surface area contributed by atoms with Gasteiger partial charge in [-0.1, -0.05) is 6.92 Å². The van der Waals surface area contributed by atoms with Gasteiger partial charge in [-0.2, -0.15) is 0 Å². The smallest absolute Gasteiger partial charge is 0.203 e. The van der Waals surface area contributed by atoms with Crippen molar-refractivity contribution >= 4 is 7.26 Å². The zero-order chi connectivity index (χ0) is 12.5. The molecule has 0 saturated heterocycles. The lowest BCUT2D eigenvalue weighted by Gasteiger charge is -2.25. The third kappa shape index (κ3) is 1.82. The van der Waals surface area contributed by atoms with Crippen LogP contribution in [0.1, 0.15) is 54.9 Å². The van der Waals surface area contributed by atoms with Crippen molar-refractivity contribution in [2.45, 2.75) is 66.2 Å². The lowest BCUT2D eigenvalue weighted by atomic mass is 10.4. The van der Waals surface area contributed by atoms with Gasteiger partial charge in [-0.25, -0.2) is 0 Å². The summed E-state index contributed by atoms with van der Waals surface area (Å²) in [7, 11) is -0.887. The second-order valence-electron chi connectivity index (χ2n) is 5.26. The lowest BCUT2D eigenvalue weighted by Crippen LogP contribution is -2.21. The molecule has 0 unspecified atom stereocenters. The monoisotopic (exact) mass is 242 g/mol. The summed E-state index contributed by atoms with van der Waals surface area (Å²) in [6, 6.07) is 0. The first-order valence-corrected chi connectivity index (χ1v) is 8.78. The molecule has 0 amide bonds. The molecule has 94 valence electrons. The summed E-state index contributed by atoms with van der Waals surface area (Å²) in [6.45, 7) is 19.0. The number of hydrogen-bond donors (Lipinski definition) is 0. The fourth-order valence-electron chi connectivity index (χ4n) is 3.37. The quantitative estimate of drug-likeness (QED) is 0.607. The van der Waals surface area contributed by atoms with Crippen molar-refractivity contribution in [2.24, 2.45) is 0 Å². The molecule has 0 radical (unpaired) electrons. The highest BCUT2D eigenvalue weighted by atomic mass is 31.2. The van der Waals surface area contributed by atoms with Crippen molar-refractivity contribution in [3.8, 4) is 0 Å². The molecule has 0 aliphatic carbocycles.